The lowest BCUT2D eigenvalue weighted by molar-refractivity contribution is -0.255. The van der Waals surface area contributed by atoms with E-state index >= 15 is 0 Å². The molecule has 44 heavy (non-hydrogen) atoms. The lowest BCUT2D eigenvalue weighted by atomic mass is 9.85. The minimum absolute atomic E-state index is 0.0124. The number of aryl methyl sites for hydroxylation is 1. The largest absolute Gasteiger partial charge is 0.545 e. The molecular weight excluding hydrogens is 548 g/mol. The van der Waals surface area contributed by atoms with Crippen LogP contribution in [-0.2, 0) is 5.41 Å². The number of carbonyl (C=O) groups excluding carboxylic acids is 1. The van der Waals surface area contributed by atoms with Crippen molar-refractivity contribution in [3.05, 3.63) is 131 Å². The molecule has 0 radical (unpaired) electrons. The number of para-hydroxylation sites is 3. The van der Waals surface area contributed by atoms with Crippen LogP contribution in [0.1, 0.15) is 59.6 Å². The van der Waals surface area contributed by atoms with Crippen LogP contribution >= 0.6 is 0 Å². The number of carbonyl (C=O) groups is 1. The van der Waals surface area contributed by atoms with Crippen molar-refractivity contribution in [3.8, 4) is 5.69 Å². The fourth-order valence-electron chi connectivity index (χ4n) is 5.89. The van der Waals surface area contributed by atoms with Crippen LogP contribution in [0, 0.1) is 6.92 Å². The Hall–Kier alpha value is -5.50. The monoisotopic (exact) mass is 579 g/mol. The van der Waals surface area contributed by atoms with E-state index in [9.17, 15) is 9.90 Å². The zero-order valence-electron chi connectivity index (χ0n) is 24.9. The minimum Gasteiger partial charge on any atom is -0.545 e. The molecule has 1 aromatic heterocycles. The normalized spacial score (nSPS) is 15.5. The standard InChI is InChI=1S/C36H32N6O2/c1-22-30-31(23-17-19-25(20-18-23)36(2,3)4)41-29-16-9-8-15-28(29)38-32(37-26-12-10-11-24(21-26)35(43)44)34(41)39-33(30)42(40-22)27-13-6-5-7-14-27/h5-21,31H,1-4H3,(H,37,38)(H,43,44)/p-1/t31-/m0/s1. The van der Waals surface area contributed by atoms with Crippen molar-refractivity contribution >= 4 is 40.5 Å². The van der Waals surface area contributed by atoms with Crippen LogP contribution in [0.5, 0.6) is 0 Å². The third-order valence-electron chi connectivity index (χ3n) is 8.09. The predicted molar refractivity (Wildman–Crippen MR) is 173 cm³/mol. The first kappa shape index (κ1) is 27.3. The highest BCUT2D eigenvalue weighted by Gasteiger charge is 2.41. The SMILES string of the molecule is Cc1nn(-c2ccccc2)c2c1[C@H](c1ccc(C(C)(C)C)cc1)N1C(=N2)C(Nc2cccc(C(=O)[O-])c2)=Nc2ccccc21. The number of anilines is 2. The second-order valence-electron chi connectivity index (χ2n) is 12.1. The number of nitrogens with one attached hydrogen (secondary N) is 1. The maximum absolute atomic E-state index is 11.6. The summed E-state index contributed by atoms with van der Waals surface area (Å²) in [6.45, 7) is 8.67. The number of nitrogens with zero attached hydrogens (tertiary/aromatic N) is 5. The van der Waals surface area contributed by atoms with E-state index in [-0.39, 0.29) is 17.0 Å². The highest BCUT2D eigenvalue weighted by Crippen LogP contribution is 2.48. The van der Waals surface area contributed by atoms with E-state index in [1.165, 1.54) is 11.6 Å². The van der Waals surface area contributed by atoms with Crippen LogP contribution in [0.25, 0.3) is 5.69 Å². The van der Waals surface area contributed by atoms with E-state index in [1.54, 1.807) is 18.2 Å². The molecule has 7 rings (SSSR count). The van der Waals surface area contributed by atoms with Crippen molar-refractivity contribution in [2.45, 2.75) is 39.2 Å². The summed E-state index contributed by atoms with van der Waals surface area (Å²) in [5.74, 6) is 0.589. The highest BCUT2D eigenvalue weighted by molar-refractivity contribution is 6.51. The summed E-state index contributed by atoms with van der Waals surface area (Å²) in [5.41, 5.74) is 7.49. The lowest BCUT2D eigenvalue weighted by Gasteiger charge is -2.40. The summed E-state index contributed by atoms with van der Waals surface area (Å²) in [6, 6.07) is 33.0. The number of hydrogen-bond donors (Lipinski definition) is 1. The summed E-state index contributed by atoms with van der Waals surface area (Å²) in [4.78, 5) is 24.1. The van der Waals surface area contributed by atoms with Crippen LogP contribution < -0.4 is 15.3 Å². The van der Waals surface area contributed by atoms with Crippen molar-refractivity contribution < 1.29 is 9.90 Å². The van der Waals surface area contributed by atoms with Crippen molar-refractivity contribution in [1.29, 1.82) is 0 Å². The Morgan fingerprint density at radius 1 is 0.864 bits per heavy atom. The van der Waals surface area contributed by atoms with Gasteiger partial charge < -0.3 is 20.1 Å². The quantitative estimate of drug-likeness (QED) is 0.258. The average molecular weight is 580 g/mol. The van der Waals surface area contributed by atoms with Crippen molar-refractivity contribution in [2.24, 2.45) is 9.98 Å². The van der Waals surface area contributed by atoms with Gasteiger partial charge in [-0.05, 0) is 65.4 Å². The first-order valence-corrected chi connectivity index (χ1v) is 14.6. The third kappa shape index (κ3) is 4.65. The van der Waals surface area contributed by atoms with E-state index in [0.717, 1.165) is 39.7 Å². The second kappa shape index (κ2) is 10.3. The number of aliphatic imine (C=N–C) groups is 2. The molecular formula is C36H31N6O2-. The molecule has 2 aliphatic heterocycles. The first-order chi connectivity index (χ1) is 21.2. The summed E-state index contributed by atoms with van der Waals surface area (Å²) in [5, 5.41) is 20.0. The fourth-order valence-corrected chi connectivity index (χ4v) is 5.89. The molecule has 0 saturated heterocycles. The zero-order chi connectivity index (χ0) is 30.6. The Bertz CT molecular complexity index is 1970. The zero-order valence-corrected chi connectivity index (χ0v) is 24.9. The van der Waals surface area contributed by atoms with Gasteiger partial charge in [0.1, 0.15) is 0 Å². The molecule has 3 heterocycles. The molecule has 4 aromatic carbocycles. The van der Waals surface area contributed by atoms with Gasteiger partial charge in [-0.2, -0.15) is 5.10 Å². The molecule has 5 aromatic rings. The van der Waals surface area contributed by atoms with Gasteiger partial charge in [-0.3, -0.25) is 0 Å². The number of aromatic nitrogens is 2. The maximum Gasteiger partial charge on any atom is 0.179 e. The summed E-state index contributed by atoms with van der Waals surface area (Å²) < 4.78 is 1.89. The van der Waals surface area contributed by atoms with Gasteiger partial charge in [0.05, 0.1) is 34.8 Å². The Balaban J connectivity index is 1.46. The number of amidine groups is 2. The Morgan fingerprint density at radius 3 is 2.32 bits per heavy atom. The topological polar surface area (TPSA) is 97.9 Å². The van der Waals surface area contributed by atoms with E-state index in [2.05, 4.69) is 61.3 Å². The van der Waals surface area contributed by atoms with Crippen LogP contribution in [0.2, 0.25) is 0 Å². The Morgan fingerprint density at radius 2 is 1.59 bits per heavy atom. The van der Waals surface area contributed by atoms with Gasteiger partial charge in [-0.15, -0.1) is 0 Å². The second-order valence-corrected chi connectivity index (χ2v) is 12.1. The number of carboxylic acid groups (broad SMARTS) is 1. The van der Waals surface area contributed by atoms with E-state index in [1.807, 2.05) is 60.1 Å². The summed E-state index contributed by atoms with van der Waals surface area (Å²) >= 11 is 0. The van der Waals surface area contributed by atoms with Crippen molar-refractivity contribution in [1.82, 2.24) is 9.78 Å². The first-order valence-electron chi connectivity index (χ1n) is 14.6. The molecule has 0 amide bonds. The Kier molecular flexibility index (Phi) is 6.43. The molecule has 0 aliphatic carbocycles. The van der Waals surface area contributed by atoms with Gasteiger partial charge in [-0.1, -0.05) is 87.5 Å². The molecule has 8 heteroatoms. The number of carboxylic acids is 1. The third-order valence-corrected chi connectivity index (χ3v) is 8.09. The minimum atomic E-state index is -1.24. The molecule has 0 spiro atoms. The fraction of sp³-hybridized carbons (Fsp3) is 0.167. The van der Waals surface area contributed by atoms with E-state index in [0.29, 0.717) is 17.4 Å². The molecule has 8 nitrogen and oxygen atoms in total. The predicted octanol–water partition coefficient (Wildman–Crippen LogP) is 6.64. The number of rotatable bonds is 4. The van der Waals surface area contributed by atoms with E-state index < -0.39 is 5.97 Å². The van der Waals surface area contributed by atoms with Crippen molar-refractivity contribution in [3.63, 3.8) is 0 Å². The van der Waals surface area contributed by atoms with Gasteiger partial charge in [-0.25, -0.2) is 14.7 Å². The maximum atomic E-state index is 11.6. The molecule has 2 aliphatic rings. The summed E-state index contributed by atoms with van der Waals surface area (Å²) in [7, 11) is 0. The van der Waals surface area contributed by atoms with Crippen LogP contribution in [-0.4, -0.2) is 27.4 Å². The lowest BCUT2D eigenvalue weighted by Crippen LogP contribution is -2.46. The molecule has 218 valence electrons. The number of hydrogen-bond acceptors (Lipinski definition) is 7. The van der Waals surface area contributed by atoms with Crippen LogP contribution in [0.3, 0.4) is 0 Å². The van der Waals surface area contributed by atoms with Gasteiger partial charge in [0.15, 0.2) is 17.5 Å². The molecule has 0 fully saturated rings. The molecule has 0 bridgehead atoms. The molecule has 0 unspecified atom stereocenters. The number of fused-ring (bicyclic) bond motifs is 4. The smallest absolute Gasteiger partial charge is 0.179 e. The molecule has 0 saturated carbocycles. The molecule has 1 atom stereocenters. The Labute approximate surface area is 256 Å². The van der Waals surface area contributed by atoms with Crippen LogP contribution in [0.15, 0.2) is 113 Å². The number of benzene rings is 4. The van der Waals surface area contributed by atoms with Gasteiger partial charge in [0.25, 0.3) is 0 Å². The number of aromatic carboxylic acids is 1. The highest BCUT2D eigenvalue weighted by atomic mass is 16.4. The molecule has 1 N–H and O–H groups in total. The van der Waals surface area contributed by atoms with E-state index in [4.69, 9.17) is 15.1 Å². The van der Waals surface area contributed by atoms with Gasteiger partial charge in [0.2, 0.25) is 0 Å². The van der Waals surface area contributed by atoms with Crippen LogP contribution in [0.4, 0.5) is 22.9 Å². The van der Waals surface area contributed by atoms with Crippen molar-refractivity contribution in [2.75, 3.05) is 10.2 Å². The van der Waals surface area contributed by atoms with Gasteiger partial charge >= 0.3 is 0 Å². The van der Waals surface area contributed by atoms with Gasteiger partial charge in [0, 0.05) is 11.3 Å². The summed E-state index contributed by atoms with van der Waals surface area (Å²) in [6.07, 6.45) is 0. The average Bonchev–Trinajstić information content (AvgIpc) is 3.36.